The molecule has 1 aromatic carbocycles. The maximum atomic E-state index is 7.50. The van der Waals surface area contributed by atoms with E-state index in [1.165, 1.54) is 0 Å². The molecule has 0 spiro atoms. The molecule has 1 rings (SSSR count). The van der Waals surface area contributed by atoms with Gasteiger partial charge in [-0.25, -0.2) is 0 Å². The van der Waals surface area contributed by atoms with Gasteiger partial charge in [-0.1, -0.05) is 30.3 Å². The molecule has 1 aromatic rings. The van der Waals surface area contributed by atoms with E-state index >= 15 is 0 Å². The molecule has 0 aliphatic heterocycles. The van der Waals surface area contributed by atoms with E-state index in [0.717, 1.165) is 5.56 Å². The van der Waals surface area contributed by atoms with E-state index in [0.29, 0.717) is 6.61 Å². The first-order chi connectivity index (χ1) is 9.43. The zero-order chi connectivity index (χ0) is 16.5. The third-order valence-electron chi connectivity index (χ3n) is 1.09. The Morgan fingerprint density at radius 3 is 1.30 bits per heavy atom. The molecule has 20 heavy (non-hydrogen) atoms. The van der Waals surface area contributed by atoms with Gasteiger partial charge >= 0.3 is 0 Å². The standard InChI is InChI=1S/C8H8O.5CO.W/c1-9-7-8-5-3-2-4-6-8;5*1-2;/h1-6H,7H2;;;;;;. The summed E-state index contributed by atoms with van der Waals surface area (Å²) in [6, 6.07) is 9.79. The minimum Gasteiger partial charge on any atom is -0.368 e. The number of hydrogen-bond donors (Lipinski definition) is 0. The van der Waals surface area contributed by atoms with Crippen LogP contribution in [0.2, 0.25) is 0 Å². The molecule has 0 atom stereocenters. The van der Waals surface area contributed by atoms with Gasteiger partial charge in [-0.2, -0.15) is 0 Å². The average molecular weight is 444 g/mol. The van der Waals surface area contributed by atoms with Gasteiger partial charge in [0.1, 0.15) is 7.11 Å². The van der Waals surface area contributed by atoms with Crippen molar-refractivity contribution >= 4 is 33.9 Å². The number of hydrogen-bond acceptors (Lipinski definition) is 6. The molecule has 0 aliphatic rings. The predicted molar refractivity (Wildman–Crippen MR) is 64.0 cm³/mol. The molecule has 0 aromatic heterocycles. The fourth-order valence-electron chi connectivity index (χ4n) is 0.670. The van der Waals surface area contributed by atoms with Gasteiger partial charge in [-0.15, -0.1) is 0 Å². The summed E-state index contributed by atoms with van der Waals surface area (Å²) in [5, 5.41) is 0. The molecule has 0 N–H and O–H groups in total. The monoisotopic (exact) mass is 444 g/mol. The molecular formula is C13H8O6W. The summed E-state index contributed by atoms with van der Waals surface area (Å²) in [5.41, 5.74) is 1.10. The summed E-state index contributed by atoms with van der Waals surface area (Å²) in [4.78, 5) is 37.5. The van der Waals surface area contributed by atoms with Crippen LogP contribution in [0.5, 0.6) is 0 Å². The van der Waals surface area contributed by atoms with Crippen LogP contribution in [0.1, 0.15) is 5.56 Å². The number of benzene rings is 1. The van der Waals surface area contributed by atoms with Crippen LogP contribution in [-0.4, -0.2) is 33.9 Å². The summed E-state index contributed by atoms with van der Waals surface area (Å²) >= 11 is 0. The fourth-order valence-corrected chi connectivity index (χ4v) is 0.670. The molecule has 0 saturated heterocycles. The first-order valence-electron chi connectivity index (χ1n) is 3.81. The van der Waals surface area contributed by atoms with E-state index in [1.54, 1.807) is 0 Å². The molecule has 0 unspecified atom stereocenters. The number of ether oxygens (including phenoxy) is 1. The number of carbonyl (C=O) groups excluding carboxylic acids is 5. The van der Waals surface area contributed by atoms with E-state index in [2.05, 4.69) is 38.7 Å². The van der Waals surface area contributed by atoms with Gasteiger partial charge in [-0.3, -0.25) is 24.0 Å². The molecule has 0 bridgehead atoms. The first-order valence-corrected chi connectivity index (χ1v) is 3.81. The predicted octanol–water partition coefficient (Wildman–Crippen LogP) is -0.116. The van der Waals surface area contributed by atoms with Gasteiger partial charge in [0.2, 0.25) is 0 Å². The van der Waals surface area contributed by atoms with Crippen molar-refractivity contribution in [2.75, 3.05) is 0 Å². The Hall–Kier alpha value is -1.78. The second-order valence-electron chi connectivity index (χ2n) is 1.80. The third kappa shape index (κ3) is 44.2. The van der Waals surface area contributed by atoms with Gasteiger partial charge < -0.3 is 4.74 Å². The van der Waals surface area contributed by atoms with Crippen LogP contribution in [0.3, 0.4) is 0 Å². The summed E-state index contributed by atoms with van der Waals surface area (Å²) in [6.07, 6.45) is 0. The second-order valence-corrected chi connectivity index (χ2v) is 1.80. The van der Waals surface area contributed by atoms with E-state index in [-0.39, 0.29) is 21.1 Å². The quantitative estimate of drug-likeness (QED) is 0.632. The zero-order valence-corrected chi connectivity index (χ0v) is 13.0. The maximum Gasteiger partial charge on any atom is 0.281 e. The van der Waals surface area contributed by atoms with Crippen LogP contribution in [-0.2, 0) is 56.4 Å². The van der Waals surface area contributed by atoms with Gasteiger partial charge in [-0.05, 0) is 5.56 Å². The Kier molecular flexibility index (Phi) is 121. The molecule has 6 nitrogen and oxygen atoms in total. The molecule has 0 aliphatic carbocycles. The summed E-state index contributed by atoms with van der Waals surface area (Å²) in [7, 11) is 4.86. The molecule has 102 valence electrons. The van der Waals surface area contributed by atoms with Crippen LogP contribution in [0.25, 0.3) is 0 Å². The van der Waals surface area contributed by atoms with E-state index in [1.807, 2.05) is 30.3 Å². The zero-order valence-electron chi connectivity index (χ0n) is 10.0. The van der Waals surface area contributed by atoms with Crippen LogP contribution in [0.15, 0.2) is 30.3 Å². The average Bonchev–Trinajstić information content (AvgIpc) is 2.58. The van der Waals surface area contributed by atoms with Crippen LogP contribution in [0, 0.1) is 7.11 Å². The van der Waals surface area contributed by atoms with Crippen molar-refractivity contribution in [1.82, 2.24) is 0 Å². The van der Waals surface area contributed by atoms with Crippen LogP contribution >= 0.6 is 0 Å². The van der Waals surface area contributed by atoms with Gasteiger partial charge in [0.15, 0.2) is 0 Å². The Bertz CT molecular complexity index is 224. The Labute approximate surface area is 133 Å². The minimum absolute atomic E-state index is 0. The van der Waals surface area contributed by atoms with E-state index in [9.17, 15) is 0 Å². The van der Waals surface area contributed by atoms with Crippen molar-refractivity contribution < 1.29 is 49.8 Å². The van der Waals surface area contributed by atoms with Crippen LogP contribution < -0.4 is 0 Å². The molecule has 0 amide bonds. The van der Waals surface area contributed by atoms with Gasteiger partial charge in [0.25, 0.3) is 33.9 Å². The summed E-state index contributed by atoms with van der Waals surface area (Å²) < 4.78 is 4.43. The van der Waals surface area contributed by atoms with Crippen molar-refractivity contribution in [2.45, 2.75) is 6.61 Å². The summed E-state index contributed by atoms with van der Waals surface area (Å²) in [6.45, 7) is 23.0. The van der Waals surface area contributed by atoms with Crippen LogP contribution in [0.4, 0.5) is 0 Å². The molecule has 0 fully saturated rings. The Morgan fingerprint density at radius 1 is 0.750 bits per heavy atom. The van der Waals surface area contributed by atoms with Crippen molar-refractivity contribution in [3.63, 3.8) is 0 Å². The number of rotatable bonds is 2. The normalized spacial score (nSPS) is 5.25. The van der Waals surface area contributed by atoms with Gasteiger partial charge in [0, 0.05) is 21.1 Å². The second kappa shape index (κ2) is 67.1. The maximum absolute atomic E-state index is 7.50. The molecule has 0 saturated carbocycles. The van der Waals surface area contributed by atoms with Crippen molar-refractivity contribution in [3.8, 4) is 0 Å². The first kappa shape index (κ1) is 36.2. The minimum atomic E-state index is 0. The smallest absolute Gasteiger partial charge is 0.281 e. The van der Waals surface area contributed by atoms with Crippen molar-refractivity contribution in [1.29, 1.82) is 0 Å². The van der Waals surface area contributed by atoms with E-state index < -0.39 is 0 Å². The SMILES string of the molecule is [CH]OCc1ccccc1.[C]=O.[C]=O.[C]=O.[C]=O.[C]=O.[W]. The van der Waals surface area contributed by atoms with Crippen molar-refractivity contribution in [2.24, 2.45) is 0 Å². The molecular weight excluding hydrogens is 436 g/mol. The Morgan fingerprint density at radius 2 is 1.05 bits per heavy atom. The molecule has 0 heterocycles. The van der Waals surface area contributed by atoms with Gasteiger partial charge in [0.05, 0.1) is 6.61 Å². The fraction of sp³-hybridized carbons (Fsp3) is 0.0769. The van der Waals surface area contributed by atoms with E-state index in [4.69, 9.17) is 31.1 Å². The summed E-state index contributed by atoms with van der Waals surface area (Å²) in [5.74, 6) is 0. The molecule has 7 heteroatoms. The molecule has 12 radical (unpaired) electrons. The largest absolute Gasteiger partial charge is 0.368 e. The topological polar surface area (TPSA) is 94.6 Å². The third-order valence-corrected chi connectivity index (χ3v) is 1.09. The van der Waals surface area contributed by atoms with Crippen molar-refractivity contribution in [3.05, 3.63) is 43.0 Å². The Balaban J connectivity index is -0.0000000384.